The molecule has 1 aromatic carbocycles. The van der Waals surface area contributed by atoms with Crippen LogP contribution in [0.5, 0.6) is 0 Å². The molecule has 2 aromatic heterocycles. The fraction of sp³-hybridized carbons (Fsp3) is 0.263. The highest BCUT2D eigenvalue weighted by Gasteiger charge is 2.26. The molecule has 154 valence electrons. The number of methoxy groups -OCH3 is 1. The summed E-state index contributed by atoms with van der Waals surface area (Å²) in [5, 5.41) is 3.59. The van der Waals surface area contributed by atoms with Crippen molar-refractivity contribution in [1.29, 1.82) is 0 Å². The van der Waals surface area contributed by atoms with Crippen molar-refractivity contribution in [3.63, 3.8) is 0 Å². The SMILES string of the molecule is CNS(=O)(=O)c1cc(C(=O)N[C@H](Cc2c[nH]c3ccccc23)C(=O)OC)n(C)c1. The molecule has 3 aromatic rings. The van der Waals surface area contributed by atoms with Crippen LogP contribution in [0.15, 0.2) is 47.6 Å². The van der Waals surface area contributed by atoms with Gasteiger partial charge >= 0.3 is 5.97 Å². The average molecular weight is 418 g/mol. The molecule has 0 aliphatic heterocycles. The van der Waals surface area contributed by atoms with Crippen molar-refractivity contribution in [3.8, 4) is 0 Å². The van der Waals surface area contributed by atoms with E-state index < -0.39 is 27.9 Å². The van der Waals surface area contributed by atoms with Crippen molar-refractivity contribution in [3.05, 3.63) is 54.0 Å². The largest absolute Gasteiger partial charge is 0.467 e. The minimum atomic E-state index is -3.69. The van der Waals surface area contributed by atoms with Crippen LogP contribution in [0, 0.1) is 0 Å². The van der Waals surface area contributed by atoms with Gasteiger partial charge in [0.15, 0.2) is 0 Å². The lowest BCUT2D eigenvalue weighted by Gasteiger charge is -2.16. The number of amides is 1. The molecule has 0 unspecified atom stereocenters. The number of para-hydroxylation sites is 1. The number of rotatable bonds is 7. The summed E-state index contributed by atoms with van der Waals surface area (Å²) in [6, 6.07) is 7.93. The predicted octanol–water partition coefficient (Wildman–Crippen LogP) is 0.929. The normalized spacial score (nSPS) is 12.7. The van der Waals surface area contributed by atoms with E-state index in [2.05, 4.69) is 15.0 Å². The summed E-state index contributed by atoms with van der Waals surface area (Å²) in [4.78, 5) is 28.1. The molecule has 2 heterocycles. The fourth-order valence-electron chi connectivity index (χ4n) is 3.11. The third-order valence-corrected chi connectivity index (χ3v) is 6.06. The van der Waals surface area contributed by atoms with Crippen LogP contribution >= 0.6 is 0 Å². The molecule has 0 spiro atoms. The average Bonchev–Trinajstić information content (AvgIpc) is 3.31. The number of H-pyrrole nitrogens is 1. The molecule has 10 heteroatoms. The zero-order chi connectivity index (χ0) is 21.2. The van der Waals surface area contributed by atoms with Crippen molar-refractivity contribution >= 4 is 32.8 Å². The van der Waals surface area contributed by atoms with Crippen LogP contribution in [-0.2, 0) is 33.0 Å². The van der Waals surface area contributed by atoms with Crippen LogP contribution in [0.1, 0.15) is 16.1 Å². The van der Waals surface area contributed by atoms with E-state index in [0.29, 0.717) is 0 Å². The molecule has 0 bridgehead atoms. The van der Waals surface area contributed by atoms with Crippen molar-refractivity contribution in [2.24, 2.45) is 7.05 Å². The van der Waals surface area contributed by atoms with Crippen LogP contribution < -0.4 is 10.0 Å². The highest BCUT2D eigenvalue weighted by Crippen LogP contribution is 2.20. The number of carbonyl (C=O) groups is 2. The second-order valence-corrected chi connectivity index (χ2v) is 8.38. The van der Waals surface area contributed by atoms with E-state index in [0.717, 1.165) is 16.5 Å². The van der Waals surface area contributed by atoms with Crippen LogP contribution in [0.25, 0.3) is 10.9 Å². The Morgan fingerprint density at radius 2 is 2.00 bits per heavy atom. The summed E-state index contributed by atoms with van der Waals surface area (Å²) in [5.41, 5.74) is 1.87. The minimum Gasteiger partial charge on any atom is -0.467 e. The molecule has 0 saturated heterocycles. The van der Waals surface area contributed by atoms with E-state index in [1.165, 1.54) is 31.0 Å². The summed E-state index contributed by atoms with van der Waals surface area (Å²) < 4.78 is 32.4. The summed E-state index contributed by atoms with van der Waals surface area (Å²) >= 11 is 0. The minimum absolute atomic E-state index is 0.0427. The summed E-state index contributed by atoms with van der Waals surface area (Å²) in [7, 11) is 0.392. The van der Waals surface area contributed by atoms with Gasteiger partial charge in [-0.05, 0) is 24.7 Å². The second kappa shape index (κ2) is 8.10. The summed E-state index contributed by atoms with van der Waals surface area (Å²) in [5.74, 6) is -1.18. The lowest BCUT2D eigenvalue weighted by molar-refractivity contribution is -0.142. The number of hydrogen-bond donors (Lipinski definition) is 3. The van der Waals surface area contributed by atoms with Gasteiger partial charge in [0.1, 0.15) is 16.6 Å². The number of nitrogens with zero attached hydrogens (tertiary/aromatic N) is 1. The molecular formula is C19H22N4O5S. The van der Waals surface area contributed by atoms with Crippen molar-refractivity contribution < 1.29 is 22.7 Å². The zero-order valence-electron chi connectivity index (χ0n) is 16.2. The number of aromatic amines is 1. The standard InChI is InChI=1S/C19H22N4O5S/c1-20-29(26,27)13-9-17(23(2)11-13)18(24)22-16(19(25)28-3)8-12-10-21-15-7-5-4-6-14(12)15/h4-7,9-11,16,20-21H,8H2,1-3H3,(H,22,24)/t16-/m1/s1. The van der Waals surface area contributed by atoms with E-state index in [4.69, 9.17) is 4.74 Å². The lowest BCUT2D eigenvalue weighted by atomic mass is 10.0. The van der Waals surface area contributed by atoms with Crippen molar-refractivity contribution in [2.45, 2.75) is 17.4 Å². The maximum atomic E-state index is 12.8. The first-order valence-electron chi connectivity index (χ1n) is 8.80. The summed E-state index contributed by atoms with van der Waals surface area (Å²) in [6.07, 6.45) is 3.33. The first-order valence-corrected chi connectivity index (χ1v) is 10.3. The van der Waals surface area contributed by atoms with Crippen LogP contribution in [-0.4, -0.2) is 50.0 Å². The van der Waals surface area contributed by atoms with E-state index in [-0.39, 0.29) is 17.0 Å². The Morgan fingerprint density at radius 1 is 1.28 bits per heavy atom. The number of sulfonamides is 1. The van der Waals surface area contributed by atoms with Gasteiger partial charge < -0.3 is 19.6 Å². The molecule has 3 N–H and O–H groups in total. The molecule has 29 heavy (non-hydrogen) atoms. The van der Waals surface area contributed by atoms with Gasteiger partial charge in [0, 0.05) is 36.8 Å². The Labute approximate surface area is 168 Å². The number of carbonyl (C=O) groups excluding carboxylic acids is 2. The number of aryl methyl sites for hydroxylation is 1. The van der Waals surface area contributed by atoms with Gasteiger partial charge in [-0.3, -0.25) is 4.79 Å². The van der Waals surface area contributed by atoms with Gasteiger partial charge in [-0.2, -0.15) is 0 Å². The number of hydrogen-bond acceptors (Lipinski definition) is 5. The first-order chi connectivity index (χ1) is 13.8. The van der Waals surface area contributed by atoms with E-state index in [9.17, 15) is 18.0 Å². The summed E-state index contributed by atoms with van der Waals surface area (Å²) in [6.45, 7) is 0. The number of nitrogens with one attached hydrogen (secondary N) is 3. The number of esters is 1. The van der Waals surface area contributed by atoms with Crippen molar-refractivity contribution in [2.75, 3.05) is 14.2 Å². The Balaban J connectivity index is 1.86. The third kappa shape index (κ3) is 4.17. The molecule has 1 amide bonds. The van der Waals surface area contributed by atoms with Crippen LogP contribution in [0.3, 0.4) is 0 Å². The molecular weight excluding hydrogens is 396 g/mol. The molecule has 0 aliphatic carbocycles. The Hall–Kier alpha value is -3.11. The highest BCUT2D eigenvalue weighted by atomic mass is 32.2. The molecule has 0 saturated carbocycles. The maximum Gasteiger partial charge on any atom is 0.328 e. The van der Waals surface area contributed by atoms with Crippen LogP contribution in [0.4, 0.5) is 0 Å². The van der Waals surface area contributed by atoms with Gasteiger partial charge in [-0.15, -0.1) is 0 Å². The topological polar surface area (TPSA) is 122 Å². The number of fused-ring (bicyclic) bond motifs is 1. The van der Waals surface area contributed by atoms with Gasteiger partial charge in [-0.1, -0.05) is 18.2 Å². The number of benzene rings is 1. The molecule has 0 fully saturated rings. The highest BCUT2D eigenvalue weighted by molar-refractivity contribution is 7.89. The third-order valence-electron chi connectivity index (χ3n) is 4.68. The smallest absolute Gasteiger partial charge is 0.328 e. The monoisotopic (exact) mass is 418 g/mol. The molecule has 0 aliphatic rings. The number of aromatic nitrogens is 2. The second-order valence-electron chi connectivity index (χ2n) is 6.49. The van der Waals surface area contributed by atoms with Gasteiger partial charge in [0.05, 0.1) is 7.11 Å². The Bertz CT molecular complexity index is 1160. The maximum absolute atomic E-state index is 12.8. The van der Waals surface area contributed by atoms with E-state index >= 15 is 0 Å². The quantitative estimate of drug-likeness (QED) is 0.493. The molecule has 9 nitrogen and oxygen atoms in total. The van der Waals surface area contributed by atoms with Gasteiger partial charge in [-0.25, -0.2) is 17.9 Å². The molecule has 0 radical (unpaired) electrons. The lowest BCUT2D eigenvalue weighted by Crippen LogP contribution is -2.43. The fourth-order valence-corrected chi connectivity index (χ4v) is 3.91. The zero-order valence-corrected chi connectivity index (χ0v) is 17.0. The van der Waals surface area contributed by atoms with Crippen molar-refractivity contribution in [1.82, 2.24) is 19.6 Å². The van der Waals surface area contributed by atoms with E-state index in [1.54, 1.807) is 13.2 Å². The molecule has 1 atom stereocenters. The molecule has 3 rings (SSSR count). The Morgan fingerprint density at radius 3 is 2.69 bits per heavy atom. The van der Waals surface area contributed by atoms with Crippen LogP contribution in [0.2, 0.25) is 0 Å². The Kier molecular flexibility index (Phi) is 5.76. The van der Waals surface area contributed by atoms with Gasteiger partial charge in [0.2, 0.25) is 10.0 Å². The first kappa shape index (κ1) is 20.6. The van der Waals surface area contributed by atoms with Gasteiger partial charge in [0.25, 0.3) is 5.91 Å². The predicted molar refractivity (Wildman–Crippen MR) is 107 cm³/mol. The van der Waals surface area contributed by atoms with E-state index in [1.807, 2.05) is 24.3 Å². The number of ether oxygens (including phenoxy) is 1.